The van der Waals surface area contributed by atoms with Gasteiger partial charge in [-0.25, -0.2) is 0 Å². The van der Waals surface area contributed by atoms with Crippen molar-refractivity contribution in [3.63, 3.8) is 0 Å². The van der Waals surface area contributed by atoms with E-state index in [0.29, 0.717) is 23.6 Å². The van der Waals surface area contributed by atoms with E-state index in [-0.39, 0.29) is 0 Å². The van der Waals surface area contributed by atoms with E-state index >= 15 is 0 Å². The number of carbonyl (C=O) groups is 1. The highest BCUT2D eigenvalue weighted by atomic mass is 16.5. The van der Waals surface area contributed by atoms with Gasteiger partial charge in [0.15, 0.2) is 0 Å². The predicted octanol–water partition coefficient (Wildman–Crippen LogP) is 2.04. The molecular weight excluding hydrogens is 228 g/mol. The molecule has 0 radical (unpaired) electrons. The third-order valence-electron chi connectivity index (χ3n) is 2.51. The first-order chi connectivity index (χ1) is 8.69. The fourth-order valence-corrected chi connectivity index (χ4v) is 1.54. The van der Waals surface area contributed by atoms with E-state index in [2.05, 4.69) is 0 Å². The highest BCUT2D eigenvalue weighted by Crippen LogP contribution is 2.22. The molecular formula is C14H14N2O2. The Morgan fingerprint density at radius 1 is 1.06 bits per heavy atom. The highest BCUT2D eigenvalue weighted by Gasteiger charge is 2.03. The first-order valence-electron chi connectivity index (χ1n) is 5.56. The Hall–Kier alpha value is -2.33. The summed E-state index contributed by atoms with van der Waals surface area (Å²) in [4.78, 5) is 11.0. The molecule has 1 amide bonds. The van der Waals surface area contributed by atoms with Gasteiger partial charge in [-0.3, -0.25) is 4.79 Å². The van der Waals surface area contributed by atoms with Gasteiger partial charge in [-0.15, -0.1) is 0 Å². The van der Waals surface area contributed by atoms with Gasteiger partial charge in [-0.2, -0.15) is 0 Å². The zero-order valence-electron chi connectivity index (χ0n) is 9.80. The van der Waals surface area contributed by atoms with Crippen molar-refractivity contribution in [3.05, 3.63) is 59.7 Å². The molecule has 0 aliphatic rings. The third-order valence-corrected chi connectivity index (χ3v) is 2.51. The van der Waals surface area contributed by atoms with Crippen LogP contribution in [0.4, 0.5) is 0 Å². The Labute approximate surface area is 105 Å². The molecule has 92 valence electrons. The van der Waals surface area contributed by atoms with Crippen LogP contribution in [0.3, 0.4) is 0 Å². The third kappa shape index (κ3) is 2.87. The topological polar surface area (TPSA) is 78.3 Å². The normalized spacial score (nSPS) is 10.1. The highest BCUT2D eigenvalue weighted by molar-refractivity contribution is 5.93. The summed E-state index contributed by atoms with van der Waals surface area (Å²) in [6.07, 6.45) is 0. The Morgan fingerprint density at radius 3 is 2.39 bits per heavy atom. The molecule has 4 nitrogen and oxygen atoms in total. The van der Waals surface area contributed by atoms with Crippen LogP contribution < -0.4 is 16.2 Å². The molecule has 18 heavy (non-hydrogen) atoms. The molecule has 0 aliphatic carbocycles. The lowest BCUT2D eigenvalue weighted by Crippen LogP contribution is -2.10. The molecule has 4 N–H and O–H groups in total. The minimum Gasteiger partial charge on any atom is -0.457 e. The van der Waals surface area contributed by atoms with Crippen LogP contribution in [0.2, 0.25) is 0 Å². The molecule has 0 spiro atoms. The number of nitrogens with two attached hydrogens (primary N) is 2. The predicted molar refractivity (Wildman–Crippen MR) is 69.4 cm³/mol. The lowest BCUT2D eigenvalue weighted by atomic mass is 10.2. The Kier molecular flexibility index (Phi) is 3.60. The van der Waals surface area contributed by atoms with Crippen molar-refractivity contribution in [1.82, 2.24) is 0 Å². The van der Waals surface area contributed by atoms with Crippen molar-refractivity contribution >= 4 is 5.91 Å². The first-order valence-corrected chi connectivity index (χ1v) is 5.56. The number of amides is 1. The molecule has 0 unspecified atom stereocenters. The number of ether oxygens (including phenoxy) is 1. The second kappa shape index (κ2) is 5.33. The van der Waals surface area contributed by atoms with E-state index in [9.17, 15) is 4.79 Å². The van der Waals surface area contributed by atoms with Crippen molar-refractivity contribution in [2.45, 2.75) is 6.54 Å². The van der Waals surface area contributed by atoms with Gasteiger partial charge in [0.05, 0.1) is 0 Å². The van der Waals surface area contributed by atoms with E-state index in [4.69, 9.17) is 16.2 Å². The van der Waals surface area contributed by atoms with Crippen LogP contribution in [-0.2, 0) is 6.54 Å². The molecule has 0 saturated carbocycles. The molecule has 0 fully saturated rings. The number of primary amides is 1. The number of hydrogen-bond acceptors (Lipinski definition) is 3. The maximum Gasteiger partial charge on any atom is 0.248 e. The molecule has 2 aromatic rings. The lowest BCUT2D eigenvalue weighted by Gasteiger charge is -2.07. The zero-order valence-corrected chi connectivity index (χ0v) is 9.80. The van der Waals surface area contributed by atoms with Gasteiger partial charge in [0.2, 0.25) is 5.91 Å². The molecule has 0 saturated heterocycles. The van der Waals surface area contributed by atoms with Crippen LogP contribution in [0.15, 0.2) is 48.5 Å². The van der Waals surface area contributed by atoms with E-state index in [0.717, 1.165) is 5.56 Å². The van der Waals surface area contributed by atoms with Crippen LogP contribution in [0.5, 0.6) is 11.5 Å². The quantitative estimate of drug-likeness (QED) is 0.861. The van der Waals surface area contributed by atoms with Crippen LogP contribution in [0, 0.1) is 0 Å². The first kappa shape index (κ1) is 12.1. The van der Waals surface area contributed by atoms with Gasteiger partial charge in [-0.1, -0.05) is 18.2 Å². The Balaban J connectivity index is 2.17. The maximum absolute atomic E-state index is 11.0. The number of rotatable bonds is 4. The number of benzene rings is 2. The molecule has 2 aromatic carbocycles. The average molecular weight is 242 g/mol. The maximum atomic E-state index is 11.0. The number of hydrogen-bond donors (Lipinski definition) is 2. The SMILES string of the molecule is NCc1ccc(Oc2cccc(C(N)=O)c2)cc1. The summed E-state index contributed by atoms with van der Waals surface area (Å²) in [6.45, 7) is 0.497. The smallest absolute Gasteiger partial charge is 0.248 e. The minimum atomic E-state index is -0.473. The van der Waals surface area contributed by atoms with Gasteiger partial charge in [0.25, 0.3) is 0 Å². The van der Waals surface area contributed by atoms with Gasteiger partial charge in [0, 0.05) is 12.1 Å². The largest absolute Gasteiger partial charge is 0.457 e. The zero-order chi connectivity index (χ0) is 13.0. The van der Waals surface area contributed by atoms with Crippen LogP contribution in [-0.4, -0.2) is 5.91 Å². The standard InChI is InChI=1S/C14H14N2O2/c15-9-10-4-6-12(7-5-10)18-13-3-1-2-11(8-13)14(16)17/h1-8H,9,15H2,(H2,16,17). The summed E-state index contributed by atoms with van der Waals surface area (Å²) in [5.74, 6) is 0.791. The lowest BCUT2D eigenvalue weighted by molar-refractivity contribution is 0.1000. The summed E-state index contributed by atoms with van der Waals surface area (Å²) in [6, 6.07) is 14.2. The van der Waals surface area contributed by atoms with Crippen molar-refractivity contribution in [2.75, 3.05) is 0 Å². The summed E-state index contributed by atoms with van der Waals surface area (Å²) >= 11 is 0. The molecule has 4 heteroatoms. The van der Waals surface area contributed by atoms with Crippen molar-refractivity contribution in [1.29, 1.82) is 0 Å². The van der Waals surface area contributed by atoms with Crippen LogP contribution >= 0.6 is 0 Å². The van der Waals surface area contributed by atoms with Crippen molar-refractivity contribution in [2.24, 2.45) is 11.5 Å². The Morgan fingerprint density at radius 2 is 1.78 bits per heavy atom. The van der Waals surface area contributed by atoms with E-state index in [1.165, 1.54) is 0 Å². The molecule has 0 heterocycles. The summed E-state index contributed by atoms with van der Waals surface area (Å²) in [5, 5.41) is 0. The van der Waals surface area contributed by atoms with Gasteiger partial charge in [0.1, 0.15) is 11.5 Å². The van der Waals surface area contributed by atoms with E-state index in [1.54, 1.807) is 24.3 Å². The Bertz CT molecular complexity index is 550. The molecule has 0 aromatic heterocycles. The minimum absolute atomic E-state index is 0.422. The summed E-state index contributed by atoms with van der Waals surface area (Å²) in [5.41, 5.74) is 12.2. The monoisotopic (exact) mass is 242 g/mol. The fourth-order valence-electron chi connectivity index (χ4n) is 1.54. The van der Waals surface area contributed by atoms with Gasteiger partial charge < -0.3 is 16.2 Å². The summed E-state index contributed by atoms with van der Waals surface area (Å²) in [7, 11) is 0. The second-order valence-electron chi connectivity index (χ2n) is 3.84. The fraction of sp³-hybridized carbons (Fsp3) is 0.0714. The molecule has 0 bridgehead atoms. The molecule has 0 atom stereocenters. The van der Waals surface area contributed by atoms with Crippen LogP contribution in [0.1, 0.15) is 15.9 Å². The number of carbonyl (C=O) groups excluding carboxylic acids is 1. The van der Waals surface area contributed by atoms with Crippen molar-refractivity contribution in [3.8, 4) is 11.5 Å². The van der Waals surface area contributed by atoms with E-state index in [1.807, 2.05) is 24.3 Å². The molecule has 0 aliphatic heterocycles. The van der Waals surface area contributed by atoms with Crippen molar-refractivity contribution < 1.29 is 9.53 Å². The van der Waals surface area contributed by atoms with Crippen LogP contribution in [0.25, 0.3) is 0 Å². The van der Waals surface area contributed by atoms with E-state index < -0.39 is 5.91 Å². The van der Waals surface area contributed by atoms with Gasteiger partial charge >= 0.3 is 0 Å². The van der Waals surface area contributed by atoms with Gasteiger partial charge in [-0.05, 0) is 35.9 Å². The summed E-state index contributed by atoms with van der Waals surface area (Å²) < 4.78 is 5.62. The molecule has 2 rings (SSSR count). The second-order valence-corrected chi connectivity index (χ2v) is 3.84. The average Bonchev–Trinajstić information content (AvgIpc) is 2.40.